The van der Waals surface area contributed by atoms with Gasteiger partial charge in [0.2, 0.25) is 5.91 Å². The van der Waals surface area contributed by atoms with Gasteiger partial charge in [-0.3, -0.25) is 4.79 Å². The number of nitrogens with two attached hydrogens (primary N) is 1. The van der Waals surface area contributed by atoms with Crippen LogP contribution < -0.4 is 11.1 Å². The fourth-order valence-electron chi connectivity index (χ4n) is 2.83. The second kappa shape index (κ2) is 5.03. The SMILES string of the molecule is NC(=O)[C@@H]1CCC[C@@H]1Nc1ncnc2cccc(F)c12. The highest BCUT2D eigenvalue weighted by Crippen LogP contribution is 2.30. The van der Waals surface area contributed by atoms with Crippen LogP contribution in [0.3, 0.4) is 0 Å². The Bertz CT molecular complexity index is 655. The summed E-state index contributed by atoms with van der Waals surface area (Å²) in [6, 6.07) is 4.61. The van der Waals surface area contributed by atoms with Gasteiger partial charge in [0.25, 0.3) is 0 Å². The summed E-state index contributed by atoms with van der Waals surface area (Å²) in [7, 11) is 0. The maximum atomic E-state index is 14.0. The van der Waals surface area contributed by atoms with Crippen LogP contribution in [0, 0.1) is 11.7 Å². The molecule has 1 saturated carbocycles. The lowest BCUT2D eigenvalue weighted by Crippen LogP contribution is -2.34. The van der Waals surface area contributed by atoms with E-state index in [4.69, 9.17) is 5.73 Å². The predicted octanol–water partition coefficient (Wildman–Crippen LogP) is 1.83. The van der Waals surface area contributed by atoms with Crippen molar-refractivity contribution in [3.63, 3.8) is 0 Å². The van der Waals surface area contributed by atoms with E-state index in [0.717, 1.165) is 19.3 Å². The molecule has 1 aromatic carbocycles. The van der Waals surface area contributed by atoms with Crippen molar-refractivity contribution in [2.24, 2.45) is 11.7 Å². The lowest BCUT2D eigenvalue weighted by molar-refractivity contribution is -0.121. The number of rotatable bonds is 3. The number of hydrogen-bond acceptors (Lipinski definition) is 4. The minimum atomic E-state index is -0.376. The van der Waals surface area contributed by atoms with E-state index in [1.54, 1.807) is 12.1 Å². The van der Waals surface area contributed by atoms with Gasteiger partial charge in [-0.2, -0.15) is 0 Å². The maximum absolute atomic E-state index is 14.0. The Labute approximate surface area is 115 Å². The molecular weight excluding hydrogens is 259 g/mol. The van der Waals surface area contributed by atoms with E-state index in [1.807, 2.05) is 0 Å². The number of nitrogens with one attached hydrogen (secondary N) is 1. The van der Waals surface area contributed by atoms with Crippen molar-refractivity contribution < 1.29 is 9.18 Å². The van der Waals surface area contributed by atoms with Gasteiger partial charge in [-0.1, -0.05) is 12.5 Å². The van der Waals surface area contributed by atoms with Gasteiger partial charge < -0.3 is 11.1 Å². The van der Waals surface area contributed by atoms with Crippen LogP contribution in [0.25, 0.3) is 10.9 Å². The summed E-state index contributed by atoms with van der Waals surface area (Å²) in [5, 5.41) is 3.52. The first-order valence-corrected chi connectivity index (χ1v) is 6.62. The second-order valence-corrected chi connectivity index (χ2v) is 5.05. The summed E-state index contributed by atoms with van der Waals surface area (Å²) in [4.78, 5) is 19.6. The van der Waals surface area contributed by atoms with Crippen molar-refractivity contribution in [1.29, 1.82) is 0 Å². The van der Waals surface area contributed by atoms with E-state index in [-0.39, 0.29) is 23.7 Å². The van der Waals surface area contributed by atoms with E-state index in [2.05, 4.69) is 15.3 Å². The molecule has 1 aliphatic rings. The highest BCUT2D eigenvalue weighted by molar-refractivity contribution is 5.89. The van der Waals surface area contributed by atoms with Crippen molar-refractivity contribution in [2.75, 3.05) is 5.32 Å². The van der Waals surface area contributed by atoms with Gasteiger partial charge in [-0.15, -0.1) is 0 Å². The molecule has 3 N–H and O–H groups in total. The topological polar surface area (TPSA) is 80.9 Å². The molecule has 0 radical (unpaired) electrons. The number of nitrogens with zero attached hydrogens (tertiary/aromatic N) is 2. The number of aromatic nitrogens is 2. The maximum Gasteiger partial charge on any atom is 0.222 e. The first kappa shape index (κ1) is 12.8. The summed E-state index contributed by atoms with van der Waals surface area (Å²) in [6.45, 7) is 0. The zero-order valence-corrected chi connectivity index (χ0v) is 10.8. The van der Waals surface area contributed by atoms with Crippen LogP contribution in [-0.2, 0) is 4.79 Å². The van der Waals surface area contributed by atoms with Gasteiger partial charge in [0.1, 0.15) is 18.0 Å². The van der Waals surface area contributed by atoms with Crippen LogP contribution in [0.15, 0.2) is 24.5 Å². The number of amides is 1. The molecule has 5 nitrogen and oxygen atoms in total. The number of primary amides is 1. The Morgan fingerprint density at radius 3 is 3.00 bits per heavy atom. The Balaban J connectivity index is 1.97. The van der Waals surface area contributed by atoms with E-state index < -0.39 is 0 Å². The summed E-state index contributed by atoms with van der Waals surface area (Å²) in [5.41, 5.74) is 5.94. The van der Waals surface area contributed by atoms with E-state index >= 15 is 0 Å². The second-order valence-electron chi connectivity index (χ2n) is 5.05. The Morgan fingerprint density at radius 1 is 1.35 bits per heavy atom. The normalized spacial score (nSPS) is 22.1. The van der Waals surface area contributed by atoms with Crippen LogP contribution in [0.2, 0.25) is 0 Å². The van der Waals surface area contributed by atoms with Crippen LogP contribution >= 0.6 is 0 Å². The summed E-state index contributed by atoms with van der Waals surface area (Å²) >= 11 is 0. The summed E-state index contributed by atoms with van der Waals surface area (Å²) in [5.74, 6) is -0.504. The average molecular weight is 274 g/mol. The fourth-order valence-corrected chi connectivity index (χ4v) is 2.83. The minimum Gasteiger partial charge on any atom is -0.369 e. The predicted molar refractivity (Wildman–Crippen MR) is 73.4 cm³/mol. The quantitative estimate of drug-likeness (QED) is 0.894. The zero-order valence-electron chi connectivity index (χ0n) is 10.8. The number of carbonyl (C=O) groups excluding carboxylic acids is 1. The van der Waals surface area contributed by atoms with E-state index in [0.29, 0.717) is 16.7 Å². The molecular formula is C14H15FN4O. The largest absolute Gasteiger partial charge is 0.369 e. The molecule has 0 spiro atoms. The Morgan fingerprint density at radius 2 is 2.20 bits per heavy atom. The molecule has 2 atom stereocenters. The smallest absolute Gasteiger partial charge is 0.222 e. The van der Waals surface area contributed by atoms with Crippen LogP contribution in [0.1, 0.15) is 19.3 Å². The number of halogens is 1. The highest BCUT2D eigenvalue weighted by atomic mass is 19.1. The molecule has 1 aliphatic carbocycles. The number of benzene rings is 1. The lowest BCUT2D eigenvalue weighted by atomic mass is 10.0. The minimum absolute atomic E-state index is 0.0924. The first-order valence-electron chi connectivity index (χ1n) is 6.62. The first-order chi connectivity index (χ1) is 9.66. The van der Waals surface area contributed by atoms with Crippen molar-refractivity contribution >= 4 is 22.6 Å². The van der Waals surface area contributed by atoms with E-state index in [1.165, 1.54) is 12.4 Å². The van der Waals surface area contributed by atoms with Gasteiger partial charge in [-0.05, 0) is 25.0 Å². The van der Waals surface area contributed by atoms with Crippen molar-refractivity contribution in [1.82, 2.24) is 9.97 Å². The molecule has 0 unspecified atom stereocenters. The fraction of sp³-hybridized carbons (Fsp3) is 0.357. The van der Waals surface area contributed by atoms with Crippen LogP contribution in [-0.4, -0.2) is 21.9 Å². The molecule has 104 valence electrons. The van der Waals surface area contributed by atoms with Gasteiger partial charge in [-0.25, -0.2) is 14.4 Å². The van der Waals surface area contributed by atoms with Crippen molar-refractivity contribution in [3.05, 3.63) is 30.3 Å². The van der Waals surface area contributed by atoms with Crippen molar-refractivity contribution in [2.45, 2.75) is 25.3 Å². The molecule has 1 amide bonds. The van der Waals surface area contributed by atoms with Gasteiger partial charge in [0.15, 0.2) is 0 Å². The molecule has 0 saturated heterocycles. The third kappa shape index (κ3) is 2.17. The number of hydrogen-bond donors (Lipinski definition) is 2. The molecule has 20 heavy (non-hydrogen) atoms. The Hall–Kier alpha value is -2.24. The lowest BCUT2D eigenvalue weighted by Gasteiger charge is -2.19. The molecule has 1 fully saturated rings. The van der Waals surface area contributed by atoms with Gasteiger partial charge in [0.05, 0.1) is 16.8 Å². The zero-order chi connectivity index (χ0) is 14.1. The summed E-state index contributed by atoms with van der Waals surface area (Å²) in [6.07, 6.45) is 3.90. The third-order valence-electron chi connectivity index (χ3n) is 3.82. The molecule has 0 aliphatic heterocycles. The van der Waals surface area contributed by atoms with Crippen molar-refractivity contribution in [3.8, 4) is 0 Å². The van der Waals surface area contributed by atoms with E-state index in [9.17, 15) is 9.18 Å². The van der Waals surface area contributed by atoms with Gasteiger partial charge in [0, 0.05) is 6.04 Å². The molecule has 0 bridgehead atoms. The summed E-state index contributed by atoms with van der Waals surface area (Å²) < 4.78 is 14.0. The third-order valence-corrected chi connectivity index (χ3v) is 3.82. The van der Waals surface area contributed by atoms with Gasteiger partial charge >= 0.3 is 0 Å². The highest BCUT2D eigenvalue weighted by Gasteiger charge is 2.32. The molecule has 6 heteroatoms. The molecule has 3 rings (SSSR count). The van der Waals surface area contributed by atoms with Crippen LogP contribution in [0.5, 0.6) is 0 Å². The van der Waals surface area contributed by atoms with Crippen LogP contribution in [0.4, 0.5) is 10.2 Å². The average Bonchev–Trinajstić information content (AvgIpc) is 2.87. The molecule has 1 heterocycles. The number of carbonyl (C=O) groups is 1. The number of fused-ring (bicyclic) bond motifs is 1. The number of anilines is 1. The molecule has 2 aromatic rings. The monoisotopic (exact) mass is 274 g/mol. The standard InChI is InChI=1S/C14H15FN4O/c15-9-4-2-6-11-12(9)14(18-7-17-11)19-10-5-1-3-8(10)13(16)20/h2,4,6-8,10H,1,3,5H2,(H2,16,20)(H,17,18,19)/t8-,10+/m1/s1. The molecule has 1 aromatic heterocycles. The Kier molecular flexibility index (Phi) is 3.22.